The Hall–Kier alpha value is -1.41. The molecule has 8 heteroatoms. The highest BCUT2D eigenvalue weighted by Crippen LogP contribution is 2.40. The molecule has 0 radical (unpaired) electrons. The summed E-state index contributed by atoms with van der Waals surface area (Å²) in [6, 6.07) is 0. The largest absolute Gasteiger partial charge is 0.475 e. The van der Waals surface area contributed by atoms with Gasteiger partial charge in [-0.2, -0.15) is 4.98 Å². The quantitative estimate of drug-likeness (QED) is 0.780. The van der Waals surface area contributed by atoms with Gasteiger partial charge < -0.3 is 9.47 Å². The Labute approximate surface area is 138 Å². The predicted molar refractivity (Wildman–Crippen MR) is 85.7 cm³/mol. The lowest BCUT2D eigenvalue weighted by Crippen LogP contribution is -2.18. The van der Waals surface area contributed by atoms with Crippen LogP contribution < -0.4 is 4.74 Å². The van der Waals surface area contributed by atoms with Gasteiger partial charge in [-0.25, -0.2) is 13.9 Å². The maximum atomic E-state index is 14.7. The highest BCUT2D eigenvalue weighted by atomic mass is 32.2. The Morgan fingerprint density at radius 3 is 2.83 bits per heavy atom. The van der Waals surface area contributed by atoms with Crippen LogP contribution in [0.25, 0.3) is 5.65 Å². The lowest BCUT2D eigenvalue weighted by atomic mass is 9.97. The number of rotatable bonds is 5. The van der Waals surface area contributed by atoms with Crippen molar-refractivity contribution in [2.75, 3.05) is 12.9 Å². The first-order valence-corrected chi connectivity index (χ1v) is 9.05. The van der Waals surface area contributed by atoms with Crippen LogP contribution in [-0.2, 0) is 4.74 Å². The van der Waals surface area contributed by atoms with Crippen molar-refractivity contribution in [2.45, 2.75) is 50.7 Å². The Bertz CT molecular complexity index is 695. The number of hydrogen-bond acceptors (Lipinski definition) is 6. The molecular weight excluding hydrogens is 319 g/mol. The van der Waals surface area contributed by atoms with E-state index in [9.17, 15) is 4.39 Å². The first-order valence-electron chi connectivity index (χ1n) is 7.82. The van der Waals surface area contributed by atoms with E-state index in [0.717, 1.165) is 6.42 Å². The zero-order valence-electron chi connectivity index (χ0n) is 13.7. The molecule has 0 aliphatic carbocycles. The smallest absolute Gasteiger partial charge is 0.262 e. The summed E-state index contributed by atoms with van der Waals surface area (Å²) in [7, 11) is 0. The summed E-state index contributed by atoms with van der Waals surface area (Å²) in [6.07, 6.45) is 2.44. The van der Waals surface area contributed by atoms with Crippen molar-refractivity contribution in [2.24, 2.45) is 5.92 Å². The highest BCUT2D eigenvalue weighted by molar-refractivity contribution is 7.98. The molecule has 0 spiro atoms. The van der Waals surface area contributed by atoms with Crippen molar-refractivity contribution in [1.29, 1.82) is 0 Å². The first kappa shape index (κ1) is 16.4. The van der Waals surface area contributed by atoms with E-state index in [-0.39, 0.29) is 12.0 Å². The monoisotopic (exact) mass is 340 g/mol. The van der Waals surface area contributed by atoms with Gasteiger partial charge in [-0.3, -0.25) is 0 Å². The SMILES string of the molecule is CCOc1nc(SC)nn2c([C@@H]3O[C@H](CC)[C@@H](C)[C@H]3F)cnc12. The van der Waals surface area contributed by atoms with Crippen LogP contribution in [0.5, 0.6) is 5.88 Å². The second kappa shape index (κ2) is 6.60. The van der Waals surface area contributed by atoms with E-state index in [4.69, 9.17) is 9.47 Å². The normalized spacial score (nSPS) is 27.7. The van der Waals surface area contributed by atoms with E-state index in [1.807, 2.05) is 27.0 Å². The number of aromatic nitrogens is 4. The van der Waals surface area contributed by atoms with Crippen LogP contribution >= 0.6 is 11.8 Å². The average molecular weight is 340 g/mol. The standard InChI is InChI=1S/C15H21FN4O2S/c1-5-10-8(3)11(16)12(22-10)9-7-17-13-14(21-6-2)18-15(23-4)19-20(9)13/h7-8,10-12H,5-6H2,1-4H3/t8-,10-,11-,12+/m1/s1. The molecule has 1 aliphatic rings. The van der Waals surface area contributed by atoms with Gasteiger partial charge in [0.25, 0.3) is 5.88 Å². The summed E-state index contributed by atoms with van der Waals surface area (Å²) >= 11 is 1.40. The Morgan fingerprint density at radius 1 is 1.43 bits per heavy atom. The lowest BCUT2D eigenvalue weighted by molar-refractivity contribution is 0.0195. The van der Waals surface area contributed by atoms with E-state index >= 15 is 0 Å². The summed E-state index contributed by atoms with van der Waals surface area (Å²) in [6.45, 7) is 6.25. The highest BCUT2D eigenvalue weighted by Gasteiger charge is 2.43. The Balaban J connectivity index is 2.07. The molecule has 1 aliphatic heterocycles. The summed E-state index contributed by atoms with van der Waals surface area (Å²) in [4.78, 5) is 8.65. The average Bonchev–Trinajstić information content (AvgIpc) is 3.10. The number of halogens is 1. The van der Waals surface area contributed by atoms with E-state index in [2.05, 4.69) is 15.1 Å². The minimum absolute atomic E-state index is 0.0891. The summed E-state index contributed by atoms with van der Waals surface area (Å²) < 4.78 is 27.8. The molecule has 1 fully saturated rings. The van der Waals surface area contributed by atoms with Gasteiger partial charge in [-0.15, -0.1) is 5.10 Å². The van der Waals surface area contributed by atoms with Crippen molar-refractivity contribution in [3.8, 4) is 5.88 Å². The lowest BCUT2D eigenvalue weighted by Gasteiger charge is -2.13. The Kier molecular flexibility index (Phi) is 4.72. The van der Waals surface area contributed by atoms with Crippen molar-refractivity contribution in [3.05, 3.63) is 11.9 Å². The molecule has 1 saturated heterocycles. The fraction of sp³-hybridized carbons (Fsp3) is 0.667. The second-order valence-electron chi connectivity index (χ2n) is 5.56. The van der Waals surface area contributed by atoms with E-state index in [1.165, 1.54) is 11.8 Å². The number of ether oxygens (including phenoxy) is 2. The summed E-state index contributed by atoms with van der Waals surface area (Å²) in [5, 5.41) is 4.98. The minimum atomic E-state index is -1.08. The van der Waals surface area contributed by atoms with Gasteiger partial charge in [0.15, 0.2) is 0 Å². The van der Waals surface area contributed by atoms with Crippen LogP contribution in [0.1, 0.15) is 39.0 Å². The van der Waals surface area contributed by atoms with Crippen LogP contribution in [0.2, 0.25) is 0 Å². The first-order chi connectivity index (χ1) is 11.1. The number of thioether (sulfide) groups is 1. The molecule has 0 amide bonds. The fourth-order valence-electron chi connectivity index (χ4n) is 2.94. The van der Waals surface area contributed by atoms with Crippen LogP contribution in [-0.4, -0.2) is 44.7 Å². The van der Waals surface area contributed by atoms with E-state index in [0.29, 0.717) is 29.0 Å². The number of nitrogens with zero attached hydrogens (tertiary/aromatic N) is 4. The van der Waals surface area contributed by atoms with Crippen LogP contribution in [0.15, 0.2) is 11.4 Å². The molecule has 0 saturated carbocycles. The summed E-state index contributed by atoms with van der Waals surface area (Å²) in [5.41, 5.74) is 1.09. The van der Waals surface area contributed by atoms with Crippen molar-refractivity contribution in [3.63, 3.8) is 0 Å². The van der Waals surface area contributed by atoms with Crippen molar-refractivity contribution >= 4 is 17.4 Å². The second-order valence-corrected chi connectivity index (χ2v) is 6.34. The Morgan fingerprint density at radius 2 is 2.22 bits per heavy atom. The topological polar surface area (TPSA) is 61.5 Å². The molecule has 0 aromatic carbocycles. The number of imidazole rings is 1. The van der Waals surface area contributed by atoms with Crippen LogP contribution in [0, 0.1) is 5.92 Å². The van der Waals surface area contributed by atoms with Crippen molar-refractivity contribution in [1.82, 2.24) is 19.6 Å². The molecule has 0 unspecified atom stereocenters. The predicted octanol–water partition coefficient (Wildman–Crippen LogP) is 3.07. The van der Waals surface area contributed by atoms with Gasteiger partial charge >= 0.3 is 0 Å². The molecule has 126 valence electrons. The molecular formula is C15H21FN4O2S. The molecule has 23 heavy (non-hydrogen) atoms. The molecule has 6 nitrogen and oxygen atoms in total. The zero-order chi connectivity index (χ0) is 16.6. The maximum Gasteiger partial charge on any atom is 0.262 e. The molecule has 2 aromatic rings. The van der Waals surface area contributed by atoms with Crippen molar-refractivity contribution < 1.29 is 13.9 Å². The molecule has 3 rings (SSSR count). The molecule has 2 aromatic heterocycles. The molecule has 4 atom stereocenters. The van der Waals surface area contributed by atoms with Gasteiger partial charge in [0.05, 0.1) is 24.6 Å². The minimum Gasteiger partial charge on any atom is -0.475 e. The van der Waals surface area contributed by atoms with Gasteiger partial charge in [0.1, 0.15) is 12.3 Å². The molecule has 0 N–H and O–H groups in total. The van der Waals surface area contributed by atoms with E-state index in [1.54, 1.807) is 10.7 Å². The molecule has 3 heterocycles. The third kappa shape index (κ3) is 2.78. The van der Waals surface area contributed by atoms with Crippen LogP contribution in [0.3, 0.4) is 0 Å². The number of hydrogen-bond donors (Lipinski definition) is 0. The number of fused-ring (bicyclic) bond motifs is 1. The van der Waals surface area contributed by atoms with Gasteiger partial charge in [-0.05, 0) is 19.6 Å². The maximum absolute atomic E-state index is 14.7. The number of alkyl halides is 1. The zero-order valence-corrected chi connectivity index (χ0v) is 14.5. The van der Waals surface area contributed by atoms with Gasteiger partial charge in [-0.1, -0.05) is 25.6 Å². The summed E-state index contributed by atoms with van der Waals surface area (Å²) in [5.74, 6) is 0.260. The van der Waals surface area contributed by atoms with Crippen LogP contribution in [0.4, 0.5) is 4.39 Å². The molecule has 0 bridgehead atoms. The van der Waals surface area contributed by atoms with Gasteiger partial charge in [0, 0.05) is 5.92 Å². The fourth-order valence-corrected chi connectivity index (χ4v) is 3.28. The third-order valence-corrected chi connectivity index (χ3v) is 4.73. The van der Waals surface area contributed by atoms with Gasteiger partial charge in [0.2, 0.25) is 10.8 Å². The third-order valence-electron chi connectivity index (χ3n) is 4.20. The van der Waals surface area contributed by atoms with E-state index < -0.39 is 12.3 Å².